The van der Waals surface area contributed by atoms with E-state index in [9.17, 15) is 0 Å². The molecule has 0 atom stereocenters. The van der Waals surface area contributed by atoms with E-state index in [0.717, 1.165) is 40.2 Å². The smallest absolute Gasteiger partial charge is 0.191 e. The van der Waals surface area contributed by atoms with Crippen molar-refractivity contribution in [2.75, 3.05) is 27.4 Å². The number of guanidine groups is 1. The molecule has 7 heteroatoms. The first kappa shape index (κ1) is 24.9. The highest BCUT2D eigenvalue weighted by molar-refractivity contribution is 14.0. The summed E-state index contributed by atoms with van der Waals surface area (Å²) in [4.78, 5) is 8.86. The average Bonchev–Trinajstić information content (AvgIpc) is 2.78. The maximum absolute atomic E-state index is 5.97. The molecule has 2 N–H and O–H groups in total. The number of para-hydroxylation sites is 1. The lowest BCUT2D eigenvalue weighted by Gasteiger charge is -2.16. The van der Waals surface area contributed by atoms with Crippen molar-refractivity contribution in [2.24, 2.45) is 4.99 Å². The summed E-state index contributed by atoms with van der Waals surface area (Å²) >= 11 is 0. The summed E-state index contributed by atoms with van der Waals surface area (Å²) in [7, 11) is 3.48. The van der Waals surface area contributed by atoms with Crippen LogP contribution >= 0.6 is 24.0 Å². The molecule has 3 aromatic rings. The van der Waals surface area contributed by atoms with Gasteiger partial charge in [0.1, 0.15) is 5.75 Å². The number of ether oxygens (including phenoxy) is 2. The lowest BCUT2D eigenvalue weighted by atomic mass is 10.1. The van der Waals surface area contributed by atoms with Gasteiger partial charge in [0.15, 0.2) is 5.96 Å². The molecule has 0 saturated carbocycles. The number of halogens is 1. The standard InChI is InChI=1S/C24H30N4O2.HI/c1-18-10-11-20(22(15-18)30-14-6-13-29-3)16-27-24(25-2)28-17-21-8-4-7-19-9-5-12-26-23(19)21;/h4-5,7-12,15H,6,13-14,16-17H2,1-3H3,(H2,25,27,28);1H. The fourth-order valence-corrected chi connectivity index (χ4v) is 3.22. The van der Waals surface area contributed by atoms with Gasteiger partial charge in [0.25, 0.3) is 0 Å². The number of pyridine rings is 1. The summed E-state index contributed by atoms with van der Waals surface area (Å²) in [5, 5.41) is 7.89. The zero-order chi connectivity index (χ0) is 21.2. The fourth-order valence-electron chi connectivity index (χ4n) is 3.22. The monoisotopic (exact) mass is 534 g/mol. The minimum atomic E-state index is 0. The number of methoxy groups -OCH3 is 1. The van der Waals surface area contributed by atoms with E-state index in [0.29, 0.717) is 26.3 Å². The summed E-state index contributed by atoms with van der Waals surface area (Å²) in [6, 6.07) is 16.5. The summed E-state index contributed by atoms with van der Waals surface area (Å²) < 4.78 is 11.1. The van der Waals surface area contributed by atoms with E-state index >= 15 is 0 Å². The molecule has 0 bridgehead atoms. The van der Waals surface area contributed by atoms with E-state index in [4.69, 9.17) is 9.47 Å². The zero-order valence-electron chi connectivity index (χ0n) is 18.4. The quantitative estimate of drug-likeness (QED) is 0.184. The molecule has 1 heterocycles. The Bertz CT molecular complexity index is 989. The third kappa shape index (κ3) is 7.36. The van der Waals surface area contributed by atoms with E-state index in [2.05, 4.69) is 70.0 Å². The summed E-state index contributed by atoms with van der Waals surface area (Å²) in [6.45, 7) is 4.65. The number of nitrogens with zero attached hydrogens (tertiary/aromatic N) is 2. The van der Waals surface area contributed by atoms with E-state index in [-0.39, 0.29) is 24.0 Å². The predicted octanol–water partition coefficient (Wildman–Crippen LogP) is 4.44. The Morgan fingerprint density at radius 3 is 2.55 bits per heavy atom. The molecule has 2 aromatic carbocycles. The molecule has 0 fully saturated rings. The van der Waals surface area contributed by atoms with E-state index < -0.39 is 0 Å². The molecule has 166 valence electrons. The van der Waals surface area contributed by atoms with Crippen molar-refractivity contribution in [1.29, 1.82) is 0 Å². The number of rotatable bonds is 9. The number of hydrogen-bond acceptors (Lipinski definition) is 4. The van der Waals surface area contributed by atoms with Crippen molar-refractivity contribution in [3.05, 3.63) is 71.4 Å². The van der Waals surface area contributed by atoms with Crippen LogP contribution < -0.4 is 15.4 Å². The zero-order valence-corrected chi connectivity index (χ0v) is 20.7. The van der Waals surface area contributed by atoms with Crippen molar-refractivity contribution in [2.45, 2.75) is 26.4 Å². The molecule has 6 nitrogen and oxygen atoms in total. The van der Waals surface area contributed by atoms with Gasteiger partial charge in [-0.1, -0.05) is 36.4 Å². The summed E-state index contributed by atoms with van der Waals surface area (Å²) in [6.07, 6.45) is 2.68. The first-order chi connectivity index (χ1) is 14.7. The predicted molar refractivity (Wildman–Crippen MR) is 137 cm³/mol. The molecule has 0 amide bonds. The second-order valence-corrected chi connectivity index (χ2v) is 7.08. The van der Waals surface area contributed by atoms with Gasteiger partial charge in [-0.15, -0.1) is 24.0 Å². The van der Waals surface area contributed by atoms with Gasteiger partial charge in [-0.3, -0.25) is 9.98 Å². The van der Waals surface area contributed by atoms with Crippen LogP contribution in [0.15, 0.2) is 59.7 Å². The van der Waals surface area contributed by atoms with Crippen molar-refractivity contribution in [3.8, 4) is 5.75 Å². The molecular weight excluding hydrogens is 503 g/mol. The van der Waals surface area contributed by atoms with Gasteiger partial charge >= 0.3 is 0 Å². The molecule has 1 aromatic heterocycles. The van der Waals surface area contributed by atoms with Crippen molar-refractivity contribution in [3.63, 3.8) is 0 Å². The second-order valence-electron chi connectivity index (χ2n) is 7.08. The van der Waals surface area contributed by atoms with Crippen molar-refractivity contribution >= 4 is 40.8 Å². The highest BCUT2D eigenvalue weighted by Gasteiger charge is 2.07. The molecule has 0 radical (unpaired) electrons. The Balaban J connectivity index is 0.00000341. The van der Waals surface area contributed by atoms with Gasteiger partial charge in [-0.25, -0.2) is 0 Å². The normalized spacial score (nSPS) is 11.1. The van der Waals surface area contributed by atoms with E-state index in [1.54, 1.807) is 14.2 Å². The second kappa shape index (κ2) is 13.1. The lowest BCUT2D eigenvalue weighted by Crippen LogP contribution is -2.36. The first-order valence-electron chi connectivity index (χ1n) is 10.2. The van der Waals surface area contributed by atoms with Crippen LogP contribution in [0.5, 0.6) is 5.75 Å². The van der Waals surface area contributed by atoms with Crippen LogP contribution in [-0.4, -0.2) is 38.3 Å². The van der Waals surface area contributed by atoms with Gasteiger partial charge in [-0.2, -0.15) is 0 Å². The number of aliphatic imine (C=N–C) groups is 1. The molecule has 31 heavy (non-hydrogen) atoms. The van der Waals surface area contributed by atoms with Gasteiger partial charge in [0.05, 0.1) is 12.1 Å². The van der Waals surface area contributed by atoms with Crippen LogP contribution in [0.2, 0.25) is 0 Å². The number of aryl methyl sites for hydroxylation is 1. The Kier molecular flexibility index (Phi) is 10.5. The summed E-state index contributed by atoms with van der Waals surface area (Å²) in [5.74, 6) is 1.63. The SMILES string of the molecule is CN=C(NCc1ccc(C)cc1OCCCOC)NCc1cccc2cccnc12.I. The maximum Gasteiger partial charge on any atom is 0.191 e. The molecule has 3 rings (SSSR count). The van der Waals surface area contributed by atoms with Gasteiger partial charge in [0.2, 0.25) is 0 Å². The van der Waals surface area contributed by atoms with Gasteiger partial charge < -0.3 is 20.1 Å². The van der Waals surface area contributed by atoms with Crippen LogP contribution in [0.25, 0.3) is 10.9 Å². The largest absolute Gasteiger partial charge is 0.493 e. The Labute approximate surface area is 201 Å². The molecule has 0 spiro atoms. The number of hydrogen-bond donors (Lipinski definition) is 2. The third-order valence-electron chi connectivity index (χ3n) is 4.81. The topological polar surface area (TPSA) is 67.8 Å². The van der Waals surface area contributed by atoms with Gasteiger partial charge in [0, 0.05) is 57.4 Å². The highest BCUT2D eigenvalue weighted by atomic mass is 127. The maximum atomic E-state index is 5.97. The molecule has 0 aliphatic heterocycles. The van der Waals surface area contributed by atoms with Crippen LogP contribution in [0.3, 0.4) is 0 Å². The van der Waals surface area contributed by atoms with E-state index in [1.165, 1.54) is 5.56 Å². The fraction of sp³-hybridized carbons (Fsp3) is 0.333. The van der Waals surface area contributed by atoms with Crippen LogP contribution in [-0.2, 0) is 17.8 Å². The highest BCUT2D eigenvalue weighted by Crippen LogP contribution is 2.20. The lowest BCUT2D eigenvalue weighted by molar-refractivity contribution is 0.171. The third-order valence-corrected chi connectivity index (χ3v) is 4.81. The molecule has 0 aliphatic rings. The number of benzene rings is 2. The minimum Gasteiger partial charge on any atom is -0.493 e. The summed E-state index contributed by atoms with van der Waals surface area (Å²) in [5.41, 5.74) is 4.40. The number of fused-ring (bicyclic) bond motifs is 1. The average molecular weight is 534 g/mol. The first-order valence-corrected chi connectivity index (χ1v) is 10.2. The van der Waals surface area contributed by atoms with Crippen LogP contribution in [0.1, 0.15) is 23.1 Å². The Hall–Kier alpha value is -2.39. The molecular formula is C24H31IN4O2. The number of nitrogens with one attached hydrogen (secondary N) is 2. The van der Waals surface area contributed by atoms with Gasteiger partial charge in [-0.05, 0) is 30.2 Å². The Morgan fingerprint density at radius 2 is 1.77 bits per heavy atom. The number of aromatic nitrogens is 1. The van der Waals surface area contributed by atoms with Crippen molar-refractivity contribution in [1.82, 2.24) is 15.6 Å². The van der Waals surface area contributed by atoms with E-state index in [1.807, 2.05) is 12.3 Å². The Morgan fingerprint density at radius 1 is 1.00 bits per heavy atom. The molecule has 0 saturated heterocycles. The molecule has 0 unspecified atom stereocenters. The molecule has 0 aliphatic carbocycles. The van der Waals surface area contributed by atoms with Crippen molar-refractivity contribution < 1.29 is 9.47 Å². The van der Waals surface area contributed by atoms with Crippen LogP contribution in [0.4, 0.5) is 0 Å². The minimum absolute atomic E-state index is 0. The van der Waals surface area contributed by atoms with Crippen LogP contribution in [0, 0.1) is 6.92 Å².